The van der Waals surface area contributed by atoms with Gasteiger partial charge < -0.3 is 10.0 Å². The number of anilines is 1. The molecule has 1 fully saturated rings. The zero-order chi connectivity index (χ0) is 14.2. The summed E-state index contributed by atoms with van der Waals surface area (Å²) in [4.78, 5) is 26.6. The van der Waals surface area contributed by atoms with Crippen LogP contribution in [-0.2, 0) is 0 Å². The monoisotopic (exact) mass is 262 g/mol. The van der Waals surface area contributed by atoms with Crippen LogP contribution in [-0.4, -0.2) is 40.6 Å². The number of rotatable bonds is 2. The third kappa shape index (κ3) is 2.54. The Morgan fingerprint density at radius 2 is 1.74 bits per heavy atom. The zero-order valence-corrected chi connectivity index (χ0v) is 11.4. The number of amides is 2. The van der Waals surface area contributed by atoms with E-state index in [2.05, 4.69) is 0 Å². The van der Waals surface area contributed by atoms with E-state index in [0.29, 0.717) is 13.1 Å². The fourth-order valence-electron chi connectivity index (χ4n) is 2.18. The molecule has 2 amide bonds. The highest BCUT2D eigenvalue weighted by Gasteiger charge is 2.36. The van der Waals surface area contributed by atoms with Crippen molar-refractivity contribution in [2.24, 2.45) is 0 Å². The quantitative estimate of drug-likeness (QED) is 0.890. The van der Waals surface area contributed by atoms with Gasteiger partial charge in [-0.2, -0.15) is 0 Å². The smallest absolute Gasteiger partial charge is 0.335 e. The SMILES string of the molecule is CC(C)(C)N1CCN(c2ccc(C(=O)O)cc2)C1=O. The number of hydrogen-bond acceptors (Lipinski definition) is 2. The molecular formula is C14H18N2O3. The van der Waals surface area contributed by atoms with Gasteiger partial charge in [-0.1, -0.05) is 0 Å². The molecule has 0 aromatic heterocycles. The molecular weight excluding hydrogens is 244 g/mol. The molecule has 1 aromatic carbocycles. The molecule has 0 saturated carbocycles. The summed E-state index contributed by atoms with van der Waals surface area (Å²) in [6.45, 7) is 7.32. The summed E-state index contributed by atoms with van der Waals surface area (Å²) < 4.78 is 0. The first-order valence-electron chi connectivity index (χ1n) is 6.23. The summed E-state index contributed by atoms with van der Waals surface area (Å²) in [5, 5.41) is 8.85. The normalized spacial score (nSPS) is 16.1. The van der Waals surface area contributed by atoms with Gasteiger partial charge in [-0.05, 0) is 45.0 Å². The van der Waals surface area contributed by atoms with Gasteiger partial charge in [0.15, 0.2) is 0 Å². The molecule has 0 aliphatic carbocycles. The second-order valence-electron chi connectivity index (χ2n) is 5.61. The van der Waals surface area contributed by atoms with Gasteiger partial charge in [0, 0.05) is 24.3 Å². The van der Waals surface area contributed by atoms with Crippen LogP contribution in [0.2, 0.25) is 0 Å². The van der Waals surface area contributed by atoms with E-state index < -0.39 is 5.97 Å². The Bertz CT molecular complexity index is 502. The van der Waals surface area contributed by atoms with Gasteiger partial charge in [-0.3, -0.25) is 4.90 Å². The van der Waals surface area contributed by atoms with Crippen molar-refractivity contribution < 1.29 is 14.7 Å². The van der Waals surface area contributed by atoms with Gasteiger partial charge in [0.05, 0.1) is 5.56 Å². The minimum Gasteiger partial charge on any atom is -0.478 e. The van der Waals surface area contributed by atoms with E-state index in [9.17, 15) is 9.59 Å². The number of carboxylic acid groups (broad SMARTS) is 1. The Morgan fingerprint density at radius 3 is 2.16 bits per heavy atom. The van der Waals surface area contributed by atoms with E-state index in [0.717, 1.165) is 5.69 Å². The molecule has 102 valence electrons. The van der Waals surface area contributed by atoms with Crippen LogP contribution in [0.25, 0.3) is 0 Å². The Labute approximate surface area is 112 Å². The van der Waals surface area contributed by atoms with E-state index in [4.69, 9.17) is 5.11 Å². The fourth-order valence-corrected chi connectivity index (χ4v) is 2.18. The van der Waals surface area contributed by atoms with E-state index in [-0.39, 0.29) is 17.1 Å². The second kappa shape index (κ2) is 4.57. The lowest BCUT2D eigenvalue weighted by atomic mass is 10.1. The second-order valence-corrected chi connectivity index (χ2v) is 5.61. The van der Waals surface area contributed by atoms with Gasteiger partial charge >= 0.3 is 12.0 Å². The Balaban J connectivity index is 2.20. The number of carboxylic acids is 1. The van der Waals surface area contributed by atoms with E-state index in [1.807, 2.05) is 25.7 Å². The van der Waals surface area contributed by atoms with Crippen LogP contribution in [0.15, 0.2) is 24.3 Å². The molecule has 1 heterocycles. The van der Waals surface area contributed by atoms with Crippen LogP contribution in [0, 0.1) is 0 Å². The standard InChI is InChI=1S/C14H18N2O3/c1-14(2,3)16-9-8-15(13(16)19)11-6-4-10(5-7-11)12(17)18/h4-7H,8-9H2,1-3H3,(H,17,18). The molecule has 5 heteroatoms. The Morgan fingerprint density at radius 1 is 1.16 bits per heavy atom. The van der Waals surface area contributed by atoms with Crippen LogP contribution in [0.5, 0.6) is 0 Å². The highest BCUT2D eigenvalue weighted by molar-refractivity contribution is 5.95. The van der Waals surface area contributed by atoms with Gasteiger partial charge in [-0.15, -0.1) is 0 Å². The molecule has 2 rings (SSSR count). The maximum Gasteiger partial charge on any atom is 0.335 e. The first kappa shape index (κ1) is 13.4. The molecule has 5 nitrogen and oxygen atoms in total. The average Bonchev–Trinajstić information content (AvgIpc) is 2.71. The molecule has 1 N–H and O–H groups in total. The van der Waals surface area contributed by atoms with Crippen molar-refractivity contribution in [3.63, 3.8) is 0 Å². The van der Waals surface area contributed by atoms with Crippen molar-refractivity contribution in [1.29, 1.82) is 0 Å². The van der Waals surface area contributed by atoms with Crippen LogP contribution in [0.4, 0.5) is 10.5 Å². The van der Waals surface area contributed by atoms with Crippen molar-refractivity contribution in [1.82, 2.24) is 4.90 Å². The summed E-state index contributed by atoms with van der Waals surface area (Å²) in [6, 6.07) is 6.35. The van der Waals surface area contributed by atoms with Crippen molar-refractivity contribution >= 4 is 17.7 Å². The molecule has 1 saturated heterocycles. The zero-order valence-electron chi connectivity index (χ0n) is 11.4. The van der Waals surface area contributed by atoms with E-state index in [1.54, 1.807) is 17.0 Å². The highest BCUT2D eigenvalue weighted by Crippen LogP contribution is 2.25. The predicted molar refractivity (Wildman–Crippen MR) is 72.6 cm³/mol. The molecule has 0 unspecified atom stereocenters. The third-order valence-corrected chi connectivity index (χ3v) is 3.24. The Kier molecular flexibility index (Phi) is 3.22. The maximum atomic E-state index is 12.3. The summed E-state index contributed by atoms with van der Waals surface area (Å²) >= 11 is 0. The first-order chi connectivity index (χ1) is 8.80. The average molecular weight is 262 g/mol. The summed E-state index contributed by atoms with van der Waals surface area (Å²) in [5.41, 5.74) is 0.761. The summed E-state index contributed by atoms with van der Waals surface area (Å²) in [7, 11) is 0. The number of carbonyl (C=O) groups excluding carboxylic acids is 1. The van der Waals surface area contributed by atoms with E-state index >= 15 is 0 Å². The Hall–Kier alpha value is -2.04. The van der Waals surface area contributed by atoms with Crippen molar-refractivity contribution in [3.8, 4) is 0 Å². The fraction of sp³-hybridized carbons (Fsp3) is 0.429. The molecule has 0 spiro atoms. The number of hydrogen-bond donors (Lipinski definition) is 1. The van der Waals surface area contributed by atoms with Crippen molar-refractivity contribution in [2.75, 3.05) is 18.0 Å². The van der Waals surface area contributed by atoms with Crippen LogP contribution < -0.4 is 4.90 Å². The number of benzene rings is 1. The van der Waals surface area contributed by atoms with Crippen LogP contribution in [0.1, 0.15) is 31.1 Å². The third-order valence-electron chi connectivity index (χ3n) is 3.24. The lowest BCUT2D eigenvalue weighted by Crippen LogP contribution is -2.44. The van der Waals surface area contributed by atoms with Gasteiger partial charge in [0.25, 0.3) is 0 Å². The lowest BCUT2D eigenvalue weighted by molar-refractivity contribution is 0.0697. The number of aromatic carboxylic acids is 1. The van der Waals surface area contributed by atoms with Gasteiger partial charge in [-0.25, -0.2) is 9.59 Å². The topological polar surface area (TPSA) is 60.9 Å². The number of carbonyl (C=O) groups is 2. The first-order valence-corrected chi connectivity index (χ1v) is 6.23. The lowest BCUT2D eigenvalue weighted by Gasteiger charge is -2.31. The number of nitrogens with zero attached hydrogens (tertiary/aromatic N) is 2. The predicted octanol–water partition coefficient (Wildman–Crippen LogP) is 2.43. The van der Waals surface area contributed by atoms with Crippen molar-refractivity contribution in [2.45, 2.75) is 26.3 Å². The van der Waals surface area contributed by atoms with E-state index in [1.165, 1.54) is 12.1 Å². The van der Waals surface area contributed by atoms with Crippen molar-refractivity contribution in [3.05, 3.63) is 29.8 Å². The molecule has 19 heavy (non-hydrogen) atoms. The molecule has 0 radical (unpaired) electrons. The molecule has 1 aliphatic rings. The molecule has 0 bridgehead atoms. The summed E-state index contributed by atoms with van der Waals surface area (Å²) in [5.74, 6) is -0.962. The van der Waals surface area contributed by atoms with Crippen LogP contribution in [0.3, 0.4) is 0 Å². The van der Waals surface area contributed by atoms with Gasteiger partial charge in [0.2, 0.25) is 0 Å². The molecule has 0 atom stereocenters. The number of urea groups is 1. The molecule has 1 aromatic rings. The highest BCUT2D eigenvalue weighted by atomic mass is 16.4. The van der Waals surface area contributed by atoms with Crippen LogP contribution >= 0.6 is 0 Å². The van der Waals surface area contributed by atoms with Gasteiger partial charge in [0.1, 0.15) is 0 Å². The minimum atomic E-state index is -0.962. The summed E-state index contributed by atoms with van der Waals surface area (Å²) in [6.07, 6.45) is 0. The largest absolute Gasteiger partial charge is 0.478 e. The molecule has 1 aliphatic heterocycles. The minimum absolute atomic E-state index is 0.0319. The maximum absolute atomic E-state index is 12.3.